The SMILES string of the molecule is CC(C)c1c2cccnc2nn1C. The van der Waals surface area contributed by atoms with Crippen molar-refractivity contribution in [2.75, 3.05) is 0 Å². The van der Waals surface area contributed by atoms with E-state index in [1.54, 1.807) is 6.20 Å². The molecular weight excluding hydrogens is 162 g/mol. The number of aromatic nitrogens is 3. The van der Waals surface area contributed by atoms with Gasteiger partial charge in [0.2, 0.25) is 0 Å². The Hall–Kier alpha value is -1.38. The van der Waals surface area contributed by atoms with Crippen LogP contribution in [-0.2, 0) is 7.05 Å². The molecule has 0 aliphatic rings. The van der Waals surface area contributed by atoms with E-state index in [2.05, 4.69) is 30.0 Å². The van der Waals surface area contributed by atoms with Crippen LogP contribution in [0.4, 0.5) is 0 Å². The predicted molar refractivity (Wildman–Crippen MR) is 52.6 cm³/mol. The summed E-state index contributed by atoms with van der Waals surface area (Å²) in [7, 11) is 1.97. The molecule has 0 amide bonds. The molecule has 13 heavy (non-hydrogen) atoms. The van der Waals surface area contributed by atoms with E-state index in [1.807, 2.05) is 17.8 Å². The zero-order chi connectivity index (χ0) is 9.42. The summed E-state index contributed by atoms with van der Waals surface area (Å²) in [6, 6.07) is 4.03. The summed E-state index contributed by atoms with van der Waals surface area (Å²) < 4.78 is 1.92. The Morgan fingerprint density at radius 3 is 2.85 bits per heavy atom. The molecule has 0 radical (unpaired) electrons. The molecule has 0 spiro atoms. The number of hydrogen-bond acceptors (Lipinski definition) is 2. The highest BCUT2D eigenvalue weighted by Gasteiger charge is 2.11. The van der Waals surface area contributed by atoms with Crippen molar-refractivity contribution in [3.05, 3.63) is 24.0 Å². The standard InChI is InChI=1S/C10H13N3/c1-7(2)9-8-5-4-6-11-10(8)12-13(9)3/h4-7H,1-3H3. The van der Waals surface area contributed by atoms with Crippen LogP contribution in [0.2, 0.25) is 0 Å². The summed E-state index contributed by atoms with van der Waals surface area (Å²) in [5, 5.41) is 5.51. The molecule has 0 fully saturated rings. The molecule has 2 heterocycles. The van der Waals surface area contributed by atoms with E-state index in [9.17, 15) is 0 Å². The smallest absolute Gasteiger partial charge is 0.181 e. The minimum Gasteiger partial charge on any atom is -0.270 e. The van der Waals surface area contributed by atoms with Gasteiger partial charge < -0.3 is 0 Å². The van der Waals surface area contributed by atoms with Gasteiger partial charge in [-0.25, -0.2) is 4.98 Å². The molecule has 68 valence electrons. The zero-order valence-corrected chi connectivity index (χ0v) is 8.15. The Balaban J connectivity index is 2.78. The van der Waals surface area contributed by atoms with Crippen LogP contribution >= 0.6 is 0 Å². The summed E-state index contributed by atoms with van der Waals surface area (Å²) in [6.45, 7) is 4.34. The Bertz CT molecular complexity index is 429. The van der Waals surface area contributed by atoms with E-state index in [1.165, 1.54) is 11.1 Å². The van der Waals surface area contributed by atoms with Crippen LogP contribution in [0.3, 0.4) is 0 Å². The average molecular weight is 175 g/mol. The van der Waals surface area contributed by atoms with E-state index in [0.29, 0.717) is 5.92 Å². The average Bonchev–Trinajstić information content (AvgIpc) is 2.39. The van der Waals surface area contributed by atoms with Gasteiger partial charge in [-0.15, -0.1) is 0 Å². The van der Waals surface area contributed by atoms with Gasteiger partial charge in [-0.1, -0.05) is 13.8 Å². The molecule has 0 unspecified atom stereocenters. The normalized spacial score (nSPS) is 11.4. The number of rotatable bonds is 1. The Morgan fingerprint density at radius 2 is 2.15 bits per heavy atom. The number of nitrogens with zero attached hydrogens (tertiary/aromatic N) is 3. The third kappa shape index (κ3) is 1.20. The van der Waals surface area contributed by atoms with Gasteiger partial charge >= 0.3 is 0 Å². The van der Waals surface area contributed by atoms with Crippen LogP contribution in [0.15, 0.2) is 18.3 Å². The zero-order valence-electron chi connectivity index (χ0n) is 8.15. The lowest BCUT2D eigenvalue weighted by atomic mass is 10.1. The lowest BCUT2D eigenvalue weighted by Gasteiger charge is -2.04. The lowest BCUT2D eigenvalue weighted by molar-refractivity contribution is 0.676. The molecule has 2 aromatic rings. The van der Waals surface area contributed by atoms with Crippen molar-refractivity contribution < 1.29 is 0 Å². The minimum absolute atomic E-state index is 0.485. The quantitative estimate of drug-likeness (QED) is 0.664. The third-order valence-corrected chi connectivity index (χ3v) is 2.20. The highest BCUT2D eigenvalue weighted by molar-refractivity contribution is 5.78. The van der Waals surface area contributed by atoms with Gasteiger partial charge in [0.05, 0.1) is 5.69 Å². The fraction of sp³-hybridized carbons (Fsp3) is 0.400. The van der Waals surface area contributed by atoms with Crippen LogP contribution < -0.4 is 0 Å². The first-order chi connectivity index (χ1) is 6.20. The van der Waals surface area contributed by atoms with Crippen molar-refractivity contribution >= 4 is 11.0 Å². The maximum atomic E-state index is 4.34. The maximum absolute atomic E-state index is 4.34. The molecular formula is C10H13N3. The van der Waals surface area contributed by atoms with E-state index in [4.69, 9.17) is 0 Å². The second-order valence-corrected chi connectivity index (χ2v) is 3.54. The monoisotopic (exact) mass is 175 g/mol. The van der Waals surface area contributed by atoms with Crippen LogP contribution in [0.5, 0.6) is 0 Å². The Kier molecular flexibility index (Phi) is 1.79. The fourth-order valence-electron chi connectivity index (χ4n) is 1.73. The number of hydrogen-bond donors (Lipinski definition) is 0. The van der Waals surface area contributed by atoms with Crippen LogP contribution in [0, 0.1) is 0 Å². The van der Waals surface area contributed by atoms with E-state index in [-0.39, 0.29) is 0 Å². The molecule has 0 aliphatic heterocycles. The highest BCUT2D eigenvalue weighted by Crippen LogP contribution is 2.22. The van der Waals surface area contributed by atoms with Crippen molar-refractivity contribution in [2.45, 2.75) is 19.8 Å². The van der Waals surface area contributed by atoms with Crippen molar-refractivity contribution in [1.29, 1.82) is 0 Å². The minimum atomic E-state index is 0.485. The van der Waals surface area contributed by atoms with Gasteiger partial charge in [-0.05, 0) is 18.1 Å². The third-order valence-electron chi connectivity index (χ3n) is 2.20. The van der Waals surface area contributed by atoms with Crippen molar-refractivity contribution in [3.8, 4) is 0 Å². The largest absolute Gasteiger partial charge is 0.270 e. The van der Waals surface area contributed by atoms with Crippen molar-refractivity contribution in [3.63, 3.8) is 0 Å². The number of aryl methyl sites for hydroxylation is 1. The van der Waals surface area contributed by atoms with Gasteiger partial charge in [0.1, 0.15) is 0 Å². The summed E-state index contributed by atoms with van der Waals surface area (Å²) >= 11 is 0. The summed E-state index contributed by atoms with van der Waals surface area (Å²) in [6.07, 6.45) is 1.78. The summed E-state index contributed by atoms with van der Waals surface area (Å²) in [5.41, 5.74) is 2.09. The van der Waals surface area contributed by atoms with E-state index in [0.717, 1.165) is 5.65 Å². The lowest BCUT2D eigenvalue weighted by Crippen LogP contribution is -1.99. The van der Waals surface area contributed by atoms with Crippen LogP contribution in [0.25, 0.3) is 11.0 Å². The fourth-order valence-corrected chi connectivity index (χ4v) is 1.73. The Morgan fingerprint density at radius 1 is 1.38 bits per heavy atom. The summed E-state index contributed by atoms with van der Waals surface area (Å²) in [5.74, 6) is 0.485. The first-order valence-corrected chi connectivity index (χ1v) is 4.47. The molecule has 0 aromatic carbocycles. The maximum Gasteiger partial charge on any atom is 0.181 e. The second-order valence-electron chi connectivity index (χ2n) is 3.54. The van der Waals surface area contributed by atoms with Gasteiger partial charge in [-0.2, -0.15) is 5.10 Å². The number of pyridine rings is 1. The first-order valence-electron chi connectivity index (χ1n) is 4.47. The molecule has 3 nitrogen and oxygen atoms in total. The van der Waals surface area contributed by atoms with Crippen molar-refractivity contribution in [1.82, 2.24) is 14.8 Å². The molecule has 0 saturated carbocycles. The van der Waals surface area contributed by atoms with E-state index >= 15 is 0 Å². The summed E-state index contributed by atoms with van der Waals surface area (Å²) in [4.78, 5) is 4.21. The topological polar surface area (TPSA) is 30.7 Å². The molecule has 0 aliphatic carbocycles. The molecule has 2 aromatic heterocycles. The van der Waals surface area contributed by atoms with Gasteiger partial charge in [0, 0.05) is 18.6 Å². The van der Waals surface area contributed by atoms with Crippen LogP contribution in [-0.4, -0.2) is 14.8 Å². The van der Waals surface area contributed by atoms with Crippen LogP contribution in [0.1, 0.15) is 25.5 Å². The molecule has 0 bridgehead atoms. The molecule has 0 N–H and O–H groups in total. The van der Waals surface area contributed by atoms with Gasteiger partial charge in [0.15, 0.2) is 5.65 Å². The molecule has 0 atom stereocenters. The molecule has 2 rings (SSSR count). The molecule has 0 saturated heterocycles. The van der Waals surface area contributed by atoms with E-state index < -0.39 is 0 Å². The van der Waals surface area contributed by atoms with Gasteiger partial charge in [-0.3, -0.25) is 4.68 Å². The van der Waals surface area contributed by atoms with Gasteiger partial charge in [0.25, 0.3) is 0 Å². The Labute approximate surface area is 77.4 Å². The van der Waals surface area contributed by atoms with Crippen molar-refractivity contribution in [2.24, 2.45) is 7.05 Å². The predicted octanol–water partition coefficient (Wildman–Crippen LogP) is 2.09. The highest BCUT2D eigenvalue weighted by atomic mass is 15.3. The number of fused-ring (bicyclic) bond motifs is 1. The second kappa shape index (κ2) is 2.83. The molecule has 3 heteroatoms. The first kappa shape index (κ1) is 8.23.